The highest BCUT2D eigenvalue weighted by Crippen LogP contribution is 2.28. The molecule has 0 saturated carbocycles. The smallest absolute Gasteiger partial charge is 0.241 e. The van der Waals surface area contributed by atoms with Gasteiger partial charge in [-0.05, 0) is 37.2 Å². The molecule has 1 aromatic carbocycles. The minimum atomic E-state index is -0.242. The Morgan fingerprint density at radius 3 is 2.80 bits per heavy atom. The summed E-state index contributed by atoms with van der Waals surface area (Å²) in [4.78, 5) is 15.6. The minimum Gasteiger partial charge on any atom is -0.360 e. The molecule has 1 heterocycles. The lowest BCUT2D eigenvalue weighted by molar-refractivity contribution is -0.129. The topological polar surface area (TPSA) is 35.6 Å². The van der Waals surface area contributed by atoms with Gasteiger partial charge in [0.15, 0.2) is 0 Å². The van der Waals surface area contributed by atoms with Crippen LogP contribution in [-0.4, -0.2) is 44.0 Å². The maximum absolute atomic E-state index is 13.5. The monoisotopic (exact) mass is 279 g/mol. The fourth-order valence-electron chi connectivity index (χ4n) is 2.54. The molecule has 1 atom stereocenters. The lowest BCUT2D eigenvalue weighted by Gasteiger charge is -2.35. The van der Waals surface area contributed by atoms with E-state index in [-0.39, 0.29) is 17.8 Å². The summed E-state index contributed by atoms with van der Waals surface area (Å²) in [6.07, 6.45) is 0. The van der Waals surface area contributed by atoms with Crippen molar-refractivity contribution in [1.82, 2.24) is 10.2 Å². The molecule has 1 fully saturated rings. The van der Waals surface area contributed by atoms with Crippen LogP contribution < -0.4 is 10.2 Å². The Balaban J connectivity index is 2.29. The number of piperazine rings is 1. The molecule has 1 amide bonds. The van der Waals surface area contributed by atoms with Crippen molar-refractivity contribution < 1.29 is 9.18 Å². The quantitative estimate of drug-likeness (QED) is 0.912. The van der Waals surface area contributed by atoms with Gasteiger partial charge in [0.05, 0.1) is 6.54 Å². The lowest BCUT2D eigenvalue weighted by atomic mass is 10.0. The Hall–Kier alpha value is -1.62. The van der Waals surface area contributed by atoms with Crippen LogP contribution in [0.5, 0.6) is 0 Å². The normalized spacial score (nSPS) is 17.5. The summed E-state index contributed by atoms with van der Waals surface area (Å²) < 4.78 is 13.5. The summed E-state index contributed by atoms with van der Waals surface area (Å²) in [6, 6.07) is 4.85. The molecule has 1 N–H and O–H groups in total. The molecular formula is C15H22FN3O. The van der Waals surface area contributed by atoms with Crippen molar-refractivity contribution >= 4 is 11.6 Å². The molecule has 1 aromatic rings. The van der Waals surface area contributed by atoms with Gasteiger partial charge in [-0.3, -0.25) is 4.79 Å². The number of hydrogen-bond acceptors (Lipinski definition) is 3. The van der Waals surface area contributed by atoms with Crippen LogP contribution in [0.2, 0.25) is 0 Å². The zero-order valence-corrected chi connectivity index (χ0v) is 12.3. The predicted molar refractivity (Wildman–Crippen MR) is 78.3 cm³/mol. The van der Waals surface area contributed by atoms with Crippen LogP contribution >= 0.6 is 0 Å². The van der Waals surface area contributed by atoms with Gasteiger partial charge in [0, 0.05) is 31.9 Å². The fourth-order valence-corrected chi connectivity index (χ4v) is 2.54. The second-order valence-corrected chi connectivity index (χ2v) is 5.22. The van der Waals surface area contributed by atoms with Crippen molar-refractivity contribution in [3.63, 3.8) is 0 Å². The van der Waals surface area contributed by atoms with E-state index in [1.807, 2.05) is 25.8 Å². The summed E-state index contributed by atoms with van der Waals surface area (Å²) in [7, 11) is 1.81. The van der Waals surface area contributed by atoms with Gasteiger partial charge in [0.2, 0.25) is 5.91 Å². The number of benzene rings is 1. The minimum absolute atomic E-state index is 0.0560. The summed E-state index contributed by atoms with van der Waals surface area (Å²) in [6.45, 7) is 6.69. The molecule has 20 heavy (non-hydrogen) atoms. The van der Waals surface area contributed by atoms with E-state index < -0.39 is 0 Å². The average Bonchev–Trinajstić information content (AvgIpc) is 2.42. The number of carbonyl (C=O) groups excluding carboxylic acids is 1. The Morgan fingerprint density at radius 2 is 2.15 bits per heavy atom. The van der Waals surface area contributed by atoms with Crippen molar-refractivity contribution in [3.05, 3.63) is 29.6 Å². The van der Waals surface area contributed by atoms with Crippen molar-refractivity contribution in [3.8, 4) is 0 Å². The predicted octanol–water partition coefficient (Wildman–Crippen LogP) is 1.77. The van der Waals surface area contributed by atoms with Crippen molar-refractivity contribution in [1.29, 1.82) is 0 Å². The highest BCUT2D eigenvalue weighted by molar-refractivity contribution is 5.83. The summed E-state index contributed by atoms with van der Waals surface area (Å²) in [5.74, 6) is -0.142. The number of likely N-dealkylation sites (N-methyl/N-ethyl adjacent to an activating group) is 1. The van der Waals surface area contributed by atoms with Crippen molar-refractivity contribution in [2.45, 2.75) is 19.9 Å². The molecule has 1 aliphatic heterocycles. The Bertz CT molecular complexity index is 492. The van der Waals surface area contributed by atoms with E-state index >= 15 is 0 Å². The number of halogens is 1. The first kappa shape index (κ1) is 14.8. The van der Waals surface area contributed by atoms with Crippen molar-refractivity contribution in [2.24, 2.45) is 0 Å². The third-order valence-electron chi connectivity index (χ3n) is 3.76. The SMILES string of the molecule is CCNC(C)c1cc(F)ccc1N1CCN(C)C(=O)C1. The van der Waals surface area contributed by atoms with Crippen molar-refractivity contribution in [2.75, 3.05) is 38.1 Å². The van der Waals surface area contributed by atoms with E-state index in [2.05, 4.69) is 5.32 Å². The first-order chi connectivity index (χ1) is 9.52. The van der Waals surface area contributed by atoms with Crippen LogP contribution in [0, 0.1) is 5.82 Å². The molecule has 0 spiro atoms. The Labute approximate surface area is 119 Å². The molecule has 1 saturated heterocycles. The molecule has 4 nitrogen and oxygen atoms in total. The maximum atomic E-state index is 13.5. The number of anilines is 1. The van der Waals surface area contributed by atoms with E-state index in [0.29, 0.717) is 13.1 Å². The second kappa shape index (κ2) is 6.22. The molecule has 5 heteroatoms. The first-order valence-electron chi connectivity index (χ1n) is 7.04. The van der Waals surface area contributed by atoms with Gasteiger partial charge in [-0.1, -0.05) is 6.92 Å². The number of hydrogen-bond donors (Lipinski definition) is 1. The second-order valence-electron chi connectivity index (χ2n) is 5.22. The Morgan fingerprint density at radius 1 is 1.40 bits per heavy atom. The third kappa shape index (κ3) is 3.10. The van der Waals surface area contributed by atoms with Gasteiger partial charge >= 0.3 is 0 Å². The summed E-state index contributed by atoms with van der Waals surface area (Å²) >= 11 is 0. The number of nitrogens with one attached hydrogen (secondary N) is 1. The molecule has 0 bridgehead atoms. The van der Waals surface area contributed by atoms with E-state index in [0.717, 1.165) is 24.3 Å². The molecule has 0 aromatic heterocycles. The standard InChI is InChI=1S/C15H22FN3O/c1-4-17-11(2)13-9-12(16)5-6-14(13)19-8-7-18(3)15(20)10-19/h5-6,9,11,17H,4,7-8,10H2,1-3H3. The lowest BCUT2D eigenvalue weighted by Crippen LogP contribution is -2.49. The first-order valence-corrected chi connectivity index (χ1v) is 7.04. The largest absolute Gasteiger partial charge is 0.360 e. The van der Waals surface area contributed by atoms with Gasteiger partial charge in [-0.15, -0.1) is 0 Å². The molecular weight excluding hydrogens is 257 g/mol. The highest BCUT2D eigenvalue weighted by atomic mass is 19.1. The number of rotatable bonds is 4. The van der Waals surface area contributed by atoms with Gasteiger partial charge in [-0.2, -0.15) is 0 Å². The molecule has 1 unspecified atom stereocenters. The maximum Gasteiger partial charge on any atom is 0.241 e. The third-order valence-corrected chi connectivity index (χ3v) is 3.76. The van der Waals surface area contributed by atoms with Crippen LogP contribution in [0.4, 0.5) is 10.1 Å². The zero-order valence-electron chi connectivity index (χ0n) is 12.3. The fraction of sp³-hybridized carbons (Fsp3) is 0.533. The molecule has 2 rings (SSSR count). The number of nitrogens with zero attached hydrogens (tertiary/aromatic N) is 2. The molecule has 0 aliphatic carbocycles. The van der Waals surface area contributed by atoms with Crippen LogP contribution in [0.3, 0.4) is 0 Å². The van der Waals surface area contributed by atoms with E-state index in [4.69, 9.17) is 0 Å². The molecule has 110 valence electrons. The number of carbonyl (C=O) groups is 1. The van der Waals surface area contributed by atoms with E-state index in [9.17, 15) is 9.18 Å². The summed E-state index contributed by atoms with van der Waals surface area (Å²) in [5, 5.41) is 3.30. The van der Waals surface area contributed by atoms with Crippen LogP contribution in [0.25, 0.3) is 0 Å². The summed E-state index contributed by atoms with van der Waals surface area (Å²) in [5.41, 5.74) is 1.85. The average molecular weight is 279 g/mol. The van der Waals surface area contributed by atoms with Gasteiger partial charge < -0.3 is 15.1 Å². The van der Waals surface area contributed by atoms with Gasteiger partial charge in [0.25, 0.3) is 0 Å². The van der Waals surface area contributed by atoms with Crippen LogP contribution in [0.1, 0.15) is 25.5 Å². The van der Waals surface area contributed by atoms with E-state index in [1.54, 1.807) is 17.0 Å². The highest BCUT2D eigenvalue weighted by Gasteiger charge is 2.24. The van der Waals surface area contributed by atoms with Gasteiger partial charge in [0.1, 0.15) is 5.82 Å². The molecule has 1 aliphatic rings. The number of amides is 1. The van der Waals surface area contributed by atoms with Gasteiger partial charge in [-0.25, -0.2) is 4.39 Å². The van der Waals surface area contributed by atoms with Crippen LogP contribution in [0.15, 0.2) is 18.2 Å². The Kier molecular flexibility index (Phi) is 4.60. The zero-order chi connectivity index (χ0) is 14.7. The molecule has 0 radical (unpaired) electrons. The van der Waals surface area contributed by atoms with E-state index in [1.165, 1.54) is 6.07 Å². The van der Waals surface area contributed by atoms with Crippen LogP contribution in [-0.2, 0) is 4.79 Å².